The van der Waals surface area contributed by atoms with Crippen molar-refractivity contribution < 1.29 is 17.6 Å². The number of halogens is 4. The molecule has 0 radical (unpaired) electrons. The van der Waals surface area contributed by atoms with Gasteiger partial charge in [-0.15, -0.1) is 0 Å². The number of aromatic nitrogens is 2. The first kappa shape index (κ1) is 20.3. The highest BCUT2D eigenvalue weighted by Crippen LogP contribution is 2.31. The molecule has 154 valence electrons. The van der Waals surface area contributed by atoms with Gasteiger partial charge in [-0.3, -0.25) is 0 Å². The molecule has 30 heavy (non-hydrogen) atoms. The number of hydrogen-bond acceptors (Lipinski definition) is 4. The van der Waals surface area contributed by atoms with E-state index in [4.69, 9.17) is 0 Å². The molecule has 0 saturated heterocycles. The third kappa shape index (κ3) is 4.76. The summed E-state index contributed by atoms with van der Waals surface area (Å²) < 4.78 is 51.2. The Balaban J connectivity index is 1.33. The Morgan fingerprint density at radius 3 is 2.47 bits per heavy atom. The minimum Gasteiger partial charge on any atom is -0.361 e. The van der Waals surface area contributed by atoms with Crippen molar-refractivity contribution in [1.82, 2.24) is 9.97 Å². The molecule has 2 heterocycles. The standard InChI is InChI=1S/C22H17F4N3S/c23-20-11-17-10-15(5-6-16(17)12-28-20)19-13-29-21(30-19)27-9-1-2-14-3-7-18(8-4-14)22(24,25)26/h3-8,10-13H,1-2,9H2,(H,27,29). The first-order valence-electron chi connectivity index (χ1n) is 9.30. The van der Waals surface area contributed by atoms with Crippen LogP contribution >= 0.6 is 11.3 Å². The second-order valence-electron chi connectivity index (χ2n) is 6.82. The van der Waals surface area contributed by atoms with Crippen molar-refractivity contribution in [3.8, 4) is 10.4 Å². The second kappa shape index (κ2) is 8.39. The van der Waals surface area contributed by atoms with Gasteiger partial charge in [0.2, 0.25) is 5.95 Å². The Hall–Kier alpha value is -3.00. The maximum absolute atomic E-state index is 13.4. The zero-order valence-electron chi connectivity index (χ0n) is 15.7. The average Bonchev–Trinajstić information content (AvgIpc) is 3.19. The van der Waals surface area contributed by atoms with Crippen LogP contribution in [0, 0.1) is 5.95 Å². The first-order valence-corrected chi connectivity index (χ1v) is 10.1. The van der Waals surface area contributed by atoms with Crippen LogP contribution in [0.25, 0.3) is 21.2 Å². The number of alkyl halides is 3. The molecule has 3 nitrogen and oxygen atoms in total. The Kier molecular flexibility index (Phi) is 5.67. The van der Waals surface area contributed by atoms with Crippen LogP contribution in [0.1, 0.15) is 17.5 Å². The number of fused-ring (bicyclic) bond motifs is 1. The number of anilines is 1. The molecule has 0 atom stereocenters. The molecule has 4 rings (SSSR count). The van der Waals surface area contributed by atoms with E-state index in [1.807, 2.05) is 18.2 Å². The van der Waals surface area contributed by atoms with Crippen molar-refractivity contribution in [3.63, 3.8) is 0 Å². The van der Waals surface area contributed by atoms with E-state index < -0.39 is 17.7 Å². The van der Waals surface area contributed by atoms with E-state index in [0.29, 0.717) is 13.0 Å². The average molecular weight is 431 g/mol. The summed E-state index contributed by atoms with van der Waals surface area (Å²) in [6.07, 6.45) is 0.404. The zero-order chi connectivity index (χ0) is 21.1. The van der Waals surface area contributed by atoms with Gasteiger partial charge in [-0.25, -0.2) is 9.97 Å². The Labute approximate surface area is 174 Å². The van der Waals surface area contributed by atoms with Crippen LogP contribution in [-0.2, 0) is 12.6 Å². The minimum atomic E-state index is -4.31. The fraction of sp³-hybridized carbons (Fsp3) is 0.182. The quantitative estimate of drug-likeness (QED) is 0.213. The van der Waals surface area contributed by atoms with Crippen LogP contribution < -0.4 is 5.32 Å². The third-order valence-corrected chi connectivity index (χ3v) is 5.68. The number of benzene rings is 2. The van der Waals surface area contributed by atoms with Crippen LogP contribution in [0.5, 0.6) is 0 Å². The zero-order valence-corrected chi connectivity index (χ0v) is 16.5. The molecule has 0 bridgehead atoms. The number of nitrogens with one attached hydrogen (secondary N) is 1. The molecule has 2 aromatic carbocycles. The van der Waals surface area contributed by atoms with Gasteiger partial charge in [0.15, 0.2) is 5.13 Å². The highest BCUT2D eigenvalue weighted by Gasteiger charge is 2.29. The molecular weight excluding hydrogens is 414 g/mol. The topological polar surface area (TPSA) is 37.8 Å². The van der Waals surface area contributed by atoms with Gasteiger partial charge in [0.25, 0.3) is 0 Å². The molecule has 0 saturated carbocycles. The summed E-state index contributed by atoms with van der Waals surface area (Å²) in [5.41, 5.74) is 1.18. The lowest BCUT2D eigenvalue weighted by Gasteiger charge is -2.07. The van der Waals surface area contributed by atoms with Crippen molar-refractivity contribution in [2.75, 3.05) is 11.9 Å². The SMILES string of the molecule is Fc1cc2cc(-c3cnc(NCCCc4ccc(C(F)(F)F)cc4)s3)ccc2cn1. The van der Waals surface area contributed by atoms with E-state index in [1.54, 1.807) is 6.20 Å². The molecule has 8 heteroatoms. The van der Waals surface area contributed by atoms with Crippen LogP contribution in [0.2, 0.25) is 0 Å². The third-order valence-electron chi connectivity index (χ3n) is 4.68. The van der Waals surface area contributed by atoms with Crippen LogP contribution in [0.4, 0.5) is 22.7 Å². The summed E-state index contributed by atoms with van der Waals surface area (Å²) in [4.78, 5) is 8.98. The van der Waals surface area contributed by atoms with Gasteiger partial charge in [0, 0.05) is 30.4 Å². The Morgan fingerprint density at radius 2 is 1.70 bits per heavy atom. The largest absolute Gasteiger partial charge is 0.416 e. The van der Waals surface area contributed by atoms with E-state index in [0.717, 1.165) is 50.5 Å². The Bertz CT molecular complexity index is 1150. The first-order chi connectivity index (χ1) is 14.4. The molecule has 1 N–H and O–H groups in total. The van der Waals surface area contributed by atoms with Gasteiger partial charge in [0.05, 0.1) is 10.4 Å². The second-order valence-corrected chi connectivity index (χ2v) is 7.85. The lowest BCUT2D eigenvalue weighted by molar-refractivity contribution is -0.137. The predicted octanol–water partition coefficient (Wildman–Crippen LogP) is 6.56. The van der Waals surface area contributed by atoms with Gasteiger partial charge in [-0.1, -0.05) is 35.6 Å². The number of rotatable bonds is 6. The van der Waals surface area contributed by atoms with Gasteiger partial charge in [-0.2, -0.15) is 17.6 Å². The van der Waals surface area contributed by atoms with Crippen molar-refractivity contribution >= 4 is 27.2 Å². The molecule has 0 unspecified atom stereocenters. The van der Waals surface area contributed by atoms with Crippen molar-refractivity contribution in [2.24, 2.45) is 0 Å². The van der Waals surface area contributed by atoms with Crippen LogP contribution in [0.15, 0.2) is 60.9 Å². The summed E-state index contributed by atoms with van der Waals surface area (Å²) >= 11 is 1.49. The van der Waals surface area contributed by atoms with Gasteiger partial charge in [-0.05, 0) is 47.6 Å². The molecule has 0 aliphatic heterocycles. The summed E-state index contributed by atoms with van der Waals surface area (Å²) in [6.45, 7) is 0.655. The monoisotopic (exact) mass is 431 g/mol. The molecule has 2 aromatic heterocycles. The lowest BCUT2D eigenvalue weighted by Crippen LogP contribution is -2.05. The summed E-state index contributed by atoms with van der Waals surface area (Å²) in [6, 6.07) is 12.4. The van der Waals surface area contributed by atoms with E-state index in [2.05, 4.69) is 15.3 Å². The van der Waals surface area contributed by atoms with Crippen LogP contribution in [0.3, 0.4) is 0 Å². The molecule has 0 spiro atoms. The lowest BCUT2D eigenvalue weighted by atomic mass is 10.1. The van der Waals surface area contributed by atoms with Crippen molar-refractivity contribution in [1.29, 1.82) is 0 Å². The Morgan fingerprint density at radius 1 is 0.900 bits per heavy atom. The van der Waals surface area contributed by atoms with E-state index in [9.17, 15) is 17.6 Å². The molecule has 0 amide bonds. The smallest absolute Gasteiger partial charge is 0.361 e. The summed E-state index contributed by atoms with van der Waals surface area (Å²) in [7, 11) is 0. The maximum atomic E-state index is 13.4. The van der Waals surface area contributed by atoms with Gasteiger partial charge < -0.3 is 5.32 Å². The molecular formula is C22H17F4N3S. The number of hydrogen-bond donors (Lipinski definition) is 1. The van der Waals surface area contributed by atoms with Crippen LogP contribution in [-0.4, -0.2) is 16.5 Å². The summed E-state index contributed by atoms with van der Waals surface area (Å²) in [5.74, 6) is -0.514. The van der Waals surface area contributed by atoms with Crippen molar-refractivity contribution in [3.05, 3.63) is 78.0 Å². The fourth-order valence-corrected chi connectivity index (χ4v) is 3.94. The molecule has 0 aliphatic rings. The molecule has 4 aromatic rings. The van der Waals surface area contributed by atoms with Crippen molar-refractivity contribution in [2.45, 2.75) is 19.0 Å². The number of pyridine rings is 1. The normalized spacial score (nSPS) is 11.7. The highest BCUT2D eigenvalue weighted by molar-refractivity contribution is 7.18. The van der Waals surface area contributed by atoms with E-state index in [-0.39, 0.29) is 0 Å². The highest BCUT2D eigenvalue weighted by atomic mass is 32.1. The minimum absolute atomic E-state index is 0.514. The molecule has 0 fully saturated rings. The number of aryl methyl sites for hydroxylation is 1. The molecule has 0 aliphatic carbocycles. The van der Waals surface area contributed by atoms with Gasteiger partial charge in [0.1, 0.15) is 0 Å². The predicted molar refractivity (Wildman–Crippen MR) is 111 cm³/mol. The fourth-order valence-electron chi connectivity index (χ4n) is 3.10. The van der Waals surface area contributed by atoms with E-state index >= 15 is 0 Å². The van der Waals surface area contributed by atoms with Gasteiger partial charge >= 0.3 is 6.18 Å². The summed E-state index contributed by atoms with van der Waals surface area (Å²) in [5, 5.41) is 5.65. The maximum Gasteiger partial charge on any atom is 0.416 e. The van der Waals surface area contributed by atoms with E-state index in [1.165, 1.54) is 35.7 Å². The number of thiazole rings is 1. The number of nitrogens with zero attached hydrogens (tertiary/aromatic N) is 2.